The maximum Gasteiger partial charge on any atom is 0.431 e. The number of carbonyl (C=O) groups is 1. The monoisotopic (exact) mass is 536 g/mol. The SMILES string of the molecule is CCCN(C(=O)OS(=O)(=O)NCCc1ccccc1)c1c(OCCOC)cccc1OCC1CCCO1. The summed E-state index contributed by atoms with van der Waals surface area (Å²) in [5.41, 5.74) is 1.25. The van der Waals surface area contributed by atoms with Crippen LogP contribution >= 0.6 is 0 Å². The molecule has 204 valence electrons. The third-order valence-electron chi connectivity index (χ3n) is 5.61. The van der Waals surface area contributed by atoms with Crippen molar-refractivity contribution >= 4 is 22.1 Å². The normalized spacial score (nSPS) is 15.4. The van der Waals surface area contributed by atoms with Gasteiger partial charge in [-0.2, -0.15) is 13.1 Å². The van der Waals surface area contributed by atoms with Crippen LogP contribution in [-0.4, -0.2) is 67.2 Å². The average molecular weight is 537 g/mol. The first-order valence-corrected chi connectivity index (χ1v) is 13.9. The Morgan fingerprint density at radius 3 is 2.51 bits per heavy atom. The second kappa shape index (κ2) is 14.8. The zero-order valence-corrected chi connectivity index (χ0v) is 22.2. The van der Waals surface area contributed by atoms with Crippen molar-refractivity contribution in [3.8, 4) is 11.5 Å². The fourth-order valence-electron chi connectivity index (χ4n) is 3.85. The van der Waals surface area contributed by atoms with Crippen LogP contribution in [0.15, 0.2) is 48.5 Å². The lowest BCUT2D eigenvalue weighted by Crippen LogP contribution is -2.38. The number of rotatable bonds is 15. The molecule has 1 heterocycles. The molecule has 0 spiro atoms. The van der Waals surface area contributed by atoms with Crippen molar-refractivity contribution in [2.75, 3.05) is 51.5 Å². The molecule has 1 aliphatic heterocycles. The highest BCUT2D eigenvalue weighted by molar-refractivity contribution is 7.85. The molecule has 1 unspecified atom stereocenters. The third-order valence-corrected chi connectivity index (χ3v) is 6.53. The molecular weight excluding hydrogens is 500 g/mol. The van der Waals surface area contributed by atoms with Crippen molar-refractivity contribution in [3.63, 3.8) is 0 Å². The molecule has 0 saturated carbocycles. The van der Waals surface area contributed by atoms with E-state index in [1.807, 2.05) is 37.3 Å². The van der Waals surface area contributed by atoms with Crippen LogP contribution in [0.3, 0.4) is 0 Å². The Kier molecular flexibility index (Phi) is 11.5. The van der Waals surface area contributed by atoms with Gasteiger partial charge in [-0.3, -0.25) is 4.90 Å². The fraction of sp³-hybridized carbons (Fsp3) is 0.500. The lowest BCUT2D eigenvalue weighted by Gasteiger charge is -2.26. The standard InChI is InChI=1S/C26H36N2O8S/c1-3-16-28(26(29)36-37(30,31)27-15-14-21-9-5-4-6-10-21)25-23(34-19-18-32-2)12-7-13-24(25)35-20-22-11-8-17-33-22/h4-7,9-10,12-13,22,27H,3,8,11,14-20H2,1-2H3. The van der Waals surface area contributed by atoms with Gasteiger partial charge in [0.1, 0.15) is 30.4 Å². The molecular formula is C26H36N2O8S. The molecule has 1 amide bonds. The van der Waals surface area contributed by atoms with Gasteiger partial charge in [-0.15, -0.1) is 0 Å². The quantitative estimate of drug-likeness (QED) is 0.343. The Bertz CT molecular complexity index is 1080. The highest BCUT2D eigenvalue weighted by atomic mass is 32.2. The van der Waals surface area contributed by atoms with E-state index in [0.717, 1.165) is 18.4 Å². The first-order valence-electron chi connectivity index (χ1n) is 12.5. The van der Waals surface area contributed by atoms with Gasteiger partial charge in [-0.25, -0.2) is 4.79 Å². The number of hydrogen-bond acceptors (Lipinski definition) is 8. The maximum atomic E-state index is 13.2. The third kappa shape index (κ3) is 9.19. The second-order valence-corrected chi connectivity index (χ2v) is 9.84. The number of amides is 1. The minimum atomic E-state index is -4.36. The van der Waals surface area contributed by atoms with Gasteiger partial charge in [0.25, 0.3) is 0 Å². The number of methoxy groups -OCH3 is 1. The first kappa shape index (κ1) is 28.7. The minimum absolute atomic E-state index is 0.0494. The molecule has 0 aliphatic carbocycles. The number of benzene rings is 2. The molecule has 1 atom stereocenters. The maximum absolute atomic E-state index is 13.2. The van der Waals surface area contributed by atoms with Crippen LogP contribution < -0.4 is 19.1 Å². The molecule has 3 rings (SSSR count). The van der Waals surface area contributed by atoms with Gasteiger partial charge >= 0.3 is 16.4 Å². The Balaban J connectivity index is 1.77. The Labute approximate surface area is 219 Å². The largest absolute Gasteiger partial charge is 0.489 e. The van der Waals surface area contributed by atoms with Gasteiger partial charge in [0.05, 0.1) is 12.7 Å². The molecule has 2 aromatic rings. The zero-order chi connectivity index (χ0) is 26.5. The van der Waals surface area contributed by atoms with Crippen molar-refractivity contribution in [2.45, 2.75) is 38.7 Å². The summed E-state index contributed by atoms with van der Waals surface area (Å²) in [4.78, 5) is 14.4. The number of carbonyl (C=O) groups excluding carboxylic acids is 1. The average Bonchev–Trinajstić information content (AvgIpc) is 3.40. The zero-order valence-electron chi connectivity index (χ0n) is 21.4. The number of anilines is 1. The first-order chi connectivity index (χ1) is 17.9. The van der Waals surface area contributed by atoms with Crippen molar-refractivity contribution in [1.82, 2.24) is 4.72 Å². The van der Waals surface area contributed by atoms with Gasteiger partial charge in [-0.05, 0) is 43.4 Å². The van der Waals surface area contributed by atoms with E-state index in [1.165, 1.54) is 4.90 Å². The molecule has 1 fully saturated rings. The molecule has 2 aromatic carbocycles. The van der Waals surface area contributed by atoms with Crippen LogP contribution in [0.25, 0.3) is 0 Å². The van der Waals surface area contributed by atoms with E-state index in [-0.39, 0.29) is 25.8 Å². The summed E-state index contributed by atoms with van der Waals surface area (Å²) in [7, 11) is -2.80. The summed E-state index contributed by atoms with van der Waals surface area (Å²) < 4.78 is 55.0. The van der Waals surface area contributed by atoms with Gasteiger partial charge in [-0.1, -0.05) is 43.3 Å². The molecule has 1 saturated heterocycles. The molecule has 37 heavy (non-hydrogen) atoms. The number of nitrogens with one attached hydrogen (secondary N) is 1. The van der Waals surface area contributed by atoms with Gasteiger partial charge in [0, 0.05) is 26.8 Å². The summed E-state index contributed by atoms with van der Waals surface area (Å²) in [6, 6.07) is 14.5. The lowest BCUT2D eigenvalue weighted by molar-refractivity contribution is 0.0679. The highest BCUT2D eigenvalue weighted by Crippen LogP contribution is 2.39. The van der Waals surface area contributed by atoms with Crippen molar-refractivity contribution in [3.05, 3.63) is 54.1 Å². The molecule has 10 nitrogen and oxygen atoms in total. The second-order valence-electron chi connectivity index (χ2n) is 8.48. The fourth-order valence-corrected chi connectivity index (χ4v) is 4.53. The summed E-state index contributed by atoms with van der Waals surface area (Å²) in [6.07, 6.45) is 1.73. The van der Waals surface area contributed by atoms with E-state index < -0.39 is 16.4 Å². The van der Waals surface area contributed by atoms with E-state index in [0.29, 0.717) is 49.8 Å². The van der Waals surface area contributed by atoms with Gasteiger partial charge in [0.2, 0.25) is 0 Å². The van der Waals surface area contributed by atoms with E-state index in [1.54, 1.807) is 25.3 Å². The molecule has 1 aliphatic rings. The van der Waals surface area contributed by atoms with E-state index in [2.05, 4.69) is 4.72 Å². The Morgan fingerprint density at radius 1 is 1.08 bits per heavy atom. The van der Waals surface area contributed by atoms with Crippen molar-refractivity contribution in [1.29, 1.82) is 0 Å². The Morgan fingerprint density at radius 2 is 1.84 bits per heavy atom. The lowest BCUT2D eigenvalue weighted by atomic mass is 10.2. The number of hydrogen-bond donors (Lipinski definition) is 1. The molecule has 0 aromatic heterocycles. The molecule has 1 N–H and O–H groups in total. The topological polar surface area (TPSA) is 113 Å². The van der Waals surface area contributed by atoms with Gasteiger partial charge in [0.15, 0.2) is 0 Å². The molecule has 0 radical (unpaired) electrons. The van der Waals surface area contributed by atoms with Crippen LogP contribution in [0.4, 0.5) is 10.5 Å². The number of para-hydroxylation sites is 1. The summed E-state index contributed by atoms with van der Waals surface area (Å²) in [5, 5.41) is 0. The number of nitrogens with zero attached hydrogens (tertiary/aromatic N) is 1. The van der Waals surface area contributed by atoms with E-state index >= 15 is 0 Å². The van der Waals surface area contributed by atoms with Gasteiger partial charge < -0.3 is 23.1 Å². The van der Waals surface area contributed by atoms with Crippen molar-refractivity contribution in [2.24, 2.45) is 0 Å². The Hall–Kier alpha value is -2.86. The van der Waals surface area contributed by atoms with Crippen LogP contribution in [0.1, 0.15) is 31.7 Å². The van der Waals surface area contributed by atoms with Crippen LogP contribution in [0.2, 0.25) is 0 Å². The molecule has 11 heteroatoms. The predicted molar refractivity (Wildman–Crippen MR) is 139 cm³/mol. The van der Waals surface area contributed by atoms with Crippen molar-refractivity contribution < 1.29 is 36.3 Å². The summed E-state index contributed by atoms with van der Waals surface area (Å²) in [5.74, 6) is 0.715. The smallest absolute Gasteiger partial charge is 0.431 e. The van der Waals surface area contributed by atoms with E-state index in [9.17, 15) is 13.2 Å². The van der Waals surface area contributed by atoms with Crippen LogP contribution in [0.5, 0.6) is 11.5 Å². The minimum Gasteiger partial charge on any atom is -0.489 e. The molecule has 0 bridgehead atoms. The summed E-state index contributed by atoms with van der Waals surface area (Å²) >= 11 is 0. The van der Waals surface area contributed by atoms with E-state index in [4.69, 9.17) is 23.1 Å². The van der Waals surface area contributed by atoms with Crippen LogP contribution in [0, 0.1) is 0 Å². The predicted octanol–water partition coefficient (Wildman–Crippen LogP) is 3.70. The van der Waals surface area contributed by atoms with Crippen LogP contribution in [-0.2, 0) is 30.4 Å². The highest BCUT2D eigenvalue weighted by Gasteiger charge is 2.29. The summed E-state index contributed by atoms with van der Waals surface area (Å²) in [6.45, 7) is 3.67. The number of ether oxygens (including phenoxy) is 4.